The third kappa shape index (κ3) is 2.83. The number of fused-ring (bicyclic) bond motifs is 1. The Kier molecular flexibility index (Phi) is 3.89. The van der Waals surface area contributed by atoms with E-state index in [0.717, 1.165) is 5.52 Å². The largest absolute Gasteiger partial charge is 0.460 e. The first kappa shape index (κ1) is 14.9. The molecule has 0 aliphatic heterocycles. The molecule has 0 spiro atoms. The van der Waals surface area contributed by atoms with E-state index in [1.54, 1.807) is 48.1 Å². The van der Waals surface area contributed by atoms with Gasteiger partial charge in [0, 0.05) is 10.9 Å². The first-order valence-corrected chi connectivity index (χ1v) is 7.05. The summed E-state index contributed by atoms with van der Waals surface area (Å²) >= 11 is 0. The van der Waals surface area contributed by atoms with Crippen LogP contribution in [0.4, 0.5) is 4.39 Å². The van der Waals surface area contributed by atoms with E-state index in [0.29, 0.717) is 11.1 Å². The van der Waals surface area contributed by atoms with E-state index < -0.39 is 11.8 Å². The Labute approximate surface area is 131 Å². The maximum Gasteiger partial charge on any atom is 0.379 e. The molecule has 3 aromatic rings. The number of nitrogens with zero attached hydrogens (tertiary/aromatic N) is 2. The SMILES string of the molecule is CCOC(=O)C(=O)c1ccc2c(cnn2-c2ccc(F)cc2)c1. The molecule has 6 heteroatoms. The topological polar surface area (TPSA) is 61.2 Å². The van der Waals surface area contributed by atoms with Crippen molar-refractivity contribution in [2.45, 2.75) is 6.92 Å². The van der Waals surface area contributed by atoms with Gasteiger partial charge in [-0.3, -0.25) is 4.79 Å². The average molecular weight is 312 g/mol. The standard InChI is InChI=1S/C17H13FN2O3/c1-2-23-17(22)16(21)11-3-8-15-12(9-11)10-19-20(15)14-6-4-13(18)5-7-14/h3-10H,2H2,1H3. The van der Waals surface area contributed by atoms with Gasteiger partial charge in [0.1, 0.15) is 5.82 Å². The Morgan fingerprint density at radius 1 is 1.17 bits per heavy atom. The number of benzene rings is 2. The van der Waals surface area contributed by atoms with Gasteiger partial charge in [-0.25, -0.2) is 13.9 Å². The zero-order chi connectivity index (χ0) is 16.4. The third-order valence-electron chi connectivity index (χ3n) is 3.36. The van der Waals surface area contributed by atoms with Gasteiger partial charge in [0.15, 0.2) is 0 Å². The van der Waals surface area contributed by atoms with Crippen LogP contribution in [0.1, 0.15) is 17.3 Å². The van der Waals surface area contributed by atoms with Crippen LogP contribution in [0, 0.1) is 5.82 Å². The molecule has 0 saturated heterocycles. The average Bonchev–Trinajstić information content (AvgIpc) is 2.98. The van der Waals surface area contributed by atoms with Crippen LogP contribution in [0.2, 0.25) is 0 Å². The Bertz CT molecular complexity index is 884. The molecule has 23 heavy (non-hydrogen) atoms. The second-order valence-corrected chi connectivity index (χ2v) is 4.86. The number of ether oxygens (including phenoxy) is 1. The zero-order valence-corrected chi connectivity index (χ0v) is 12.3. The van der Waals surface area contributed by atoms with Crippen LogP contribution in [0.25, 0.3) is 16.6 Å². The van der Waals surface area contributed by atoms with Crippen LogP contribution in [-0.4, -0.2) is 28.1 Å². The van der Waals surface area contributed by atoms with E-state index in [2.05, 4.69) is 5.10 Å². The van der Waals surface area contributed by atoms with Crippen molar-refractivity contribution in [3.05, 3.63) is 60.0 Å². The Morgan fingerprint density at radius 2 is 1.91 bits per heavy atom. The number of hydrogen-bond acceptors (Lipinski definition) is 4. The number of hydrogen-bond donors (Lipinski definition) is 0. The normalized spacial score (nSPS) is 10.7. The third-order valence-corrected chi connectivity index (χ3v) is 3.36. The highest BCUT2D eigenvalue weighted by Gasteiger charge is 2.18. The summed E-state index contributed by atoms with van der Waals surface area (Å²) in [5.74, 6) is -1.89. The predicted molar refractivity (Wildman–Crippen MR) is 82.0 cm³/mol. The summed E-state index contributed by atoms with van der Waals surface area (Å²) in [6, 6.07) is 10.7. The van der Waals surface area contributed by atoms with E-state index in [-0.39, 0.29) is 18.0 Å². The minimum Gasteiger partial charge on any atom is -0.460 e. The van der Waals surface area contributed by atoms with Gasteiger partial charge in [-0.15, -0.1) is 0 Å². The molecule has 0 aliphatic rings. The van der Waals surface area contributed by atoms with Crippen molar-refractivity contribution in [1.82, 2.24) is 9.78 Å². The molecule has 0 atom stereocenters. The van der Waals surface area contributed by atoms with E-state index in [9.17, 15) is 14.0 Å². The first-order chi connectivity index (χ1) is 11.1. The molecule has 116 valence electrons. The molecule has 0 unspecified atom stereocenters. The molecule has 0 saturated carbocycles. The molecule has 0 aliphatic carbocycles. The molecular formula is C17H13FN2O3. The molecule has 0 amide bonds. The summed E-state index contributed by atoms with van der Waals surface area (Å²) < 4.78 is 19.4. The van der Waals surface area contributed by atoms with Gasteiger partial charge < -0.3 is 4.74 Å². The number of carbonyl (C=O) groups is 2. The molecule has 5 nitrogen and oxygen atoms in total. The van der Waals surface area contributed by atoms with Gasteiger partial charge in [0.25, 0.3) is 5.78 Å². The quantitative estimate of drug-likeness (QED) is 0.422. The second kappa shape index (κ2) is 6.00. The monoisotopic (exact) mass is 312 g/mol. The van der Waals surface area contributed by atoms with E-state index in [4.69, 9.17) is 4.74 Å². The van der Waals surface area contributed by atoms with Gasteiger partial charge >= 0.3 is 5.97 Å². The number of aromatic nitrogens is 2. The second-order valence-electron chi connectivity index (χ2n) is 4.86. The number of ketones is 1. The van der Waals surface area contributed by atoms with Crippen molar-refractivity contribution in [1.29, 1.82) is 0 Å². The van der Waals surface area contributed by atoms with E-state index in [1.807, 2.05) is 0 Å². The van der Waals surface area contributed by atoms with Crippen LogP contribution < -0.4 is 0 Å². The van der Waals surface area contributed by atoms with Gasteiger partial charge in [-0.05, 0) is 49.4 Å². The maximum atomic E-state index is 13.0. The van der Waals surface area contributed by atoms with Crippen molar-refractivity contribution < 1.29 is 18.7 Å². The first-order valence-electron chi connectivity index (χ1n) is 7.05. The minimum absolute atomic E-state index is 0.148. The van der Waals surface area contributed by atoms with Crippen molar-refractivity contribution in [2.24, 2.45) is 0 Å². The smallest absolute Gasteiger partial charge is 0.379 e. The fourth-order valence-electron chi connectivity index (χ4n) is 2.28. The summed E-state index contributed by atoms with van der Waals surface area (Å²) in [5.41, 5.74) is 1.69. The molecule has 1 aromatic heterocycles. The fraction of sp³-hybridized carbons (Fsp3) is 0.118. The lowest BCUT2D eigenvalue weighted by atomic mass is 10.1. The van der Waals surface area contributed by atoms with Gasteiger partial charge in [0.2, 0.25) is 0 Å². The number of rotatable bonds is 4. The molecule has 0 bridgehead atoms. The van der Waals surface area contributed by atoms with E-state index >= 15 is 0 Å². The molecule has 0 N–H and O–H groups in total. The highest BCUT2D eigenvalue weighted by atomic mass is 19.1. The molecular weight excluding hydrogens is 299 g/mol. The zero-order valence-electron chi connectivity index (χ0n) is 12.3. The molecule has 0 fully saturated rings. The Hall–Kier alpha value is -3.02. The lowest BCUT2D eigenvalue weighted by Crippen LogP contribution is -2.17. The molecule has 3 rings (SSSR count). The van der Waals surface area contributed by atoms with Crippen LogP contribution >= 0.6 is 0 Å². The summed E-state index contributed by atoms with van der Waals surface area (Å²) in [7, 11) is 0. The van der Waals surface area contributed by atoms with E-state index in [1.165, 1.54) is 12.1 Å². The number of halogens is 1. The minimum atomic E-state index is -0.877. The van der Waals surface area contributed by atoms with Crippen LogP contribution in [0.3, 0.4) is 0 Å². The van der Waals surface area contributed by atoms with Gasteiger partial charge in [0.05, 0.1) is 24.0 Å². The van der Waals surface area contributed by atoms with Crippen molar-refractivity contribution in [2.75, 3.05) is 6.61 Å². The van der Waals surface area contributed by atoms with Crippen LogP contribution in [0.5, 0.6) is 0 Å². The number of esters is 1. The number of carbonyl (C=O) groups excluding carboxylic acids is 2. The summed E-state index contributed by atoms with van der Waals surface area (Å²) in [5, 5.41) is 4.94. The summed E-state index contributed by atoms with van der Waals surface area (Å²) in [4.78, 5) is 23.5. The van der Waals surface area contributed by atoms with Crippen molar-refractivity contribution >= 4 is 22.7 Å². The Morgan fingerprint density at radius 3 is 2.61 bits per heavy atom. The molecule has 1 heterocycles. The molecule has 2 aromatic carbocycles. The lowest BCUT2D eigenvalue weighted by molar-refractivity contribution is -0.137. The molecule has 0 radical (unpaired) electrons. The summed E-state index contributed by atoms with van der Waals surface area (Å²) in [6.07, 6.45) is 1.58. The highest BCUT2D eigenvalue weighted by Crippen LogP contribution is 2.20. The Balaban J connectivity index is 1.99. The predicted octanol–water partition coefficient (Wildman–Crippen LogP) is 2.91. The lowest BCUT2D eigenvalue weighted by Gasteiger charge is -2.04. The van der Waals surface area contributed by atoms with Crippen LogP contribution in [0.15, 0.2) is 48.7 Å². The van der Waals surface area contributed by atoms with Crippen molar-refractivity contribution in [3.63, 3.8) is 0 Å². The van der Waals surface area contributed by atoms with Gasteiger partial charge in [-0.1, -0.05) is 0 Å². The summed E-state index contributed by atoms with van der Waals surface area (Å²) in [6.45, 7) is 1.79. The number of Topliss-reactive ketones (excluding diaryl/α,β-unsaturated/α-hetero) is 1. The van der Waals surface area contributed by atoms with Gasteiger partial charge in [-0.2, -0.15) is 5.10 Å². The highest BCUT2D eigenvalue weighted by molar-refractivity contribution is 6.40. The van der Waals surface area contributed by atoms with Crippen LogP contribution in [-0.2, 0) is 9.53 Å². The van der Waals surface area contributed by atoms with Crippen molar-refractivity contribution in [3.8, 4) is 5.69 Å². The fourth-order valence-corrected chi connectivity index (χ4v) is 2.28. The maximum absolute atomic E-state index is 13.0.